The van der Waals surface area contributed by atoms with Gasteiger partial charge in [0.05, 0.1) is 0 Å². The molecule has 0 atom stereocenters. The predicted octanol–water partition coefficient (Wildman–Crippen LogP) is 1.55. The Morgan fingerprint density at radius 2 is 2.00 bits per heavy atom. The van der Waals surface area contributed by atoms with Crippen LogP contribution >= 0.6 is 0 Å². The Bertz CT molecular complexity index is 106. The third-order valence-corrected chi connectivity index (χ3v) is 2.04. The Balaban J connectivity index is 2.00. The van der Waals surface area contributed by atoms with E-state index in [9.17, 15) is 0 Å². The Hall–Kier alpha value is -0.340. The first kappa shape index (κ1) is 8.75. The van der Waals surface area contributed by atoms with Crippen molar-refractivity contribution in [2.45, 2.75) is 25.7 Å². The third-order valence-electron chi connectivity index (χ3n) is 2.04. The highest BCUT2D eigenvalue weighted by atomic mass is 15.5. The van der Waals surface area contributed by atoms with Crippen LogP contribution in [0.3, 0.4) is 0 Å². The Morgan fingerprint density at radius 1 is 1.27 bits per heavy atom. The van der Waals surface area contributed by atoms with E-state index in [0.29, 0.717) is 0 Å². The maximum atomic E-state index is 3.68. The van der Waals surface area contributed by atoms with Crippen LogP contribution in [0.2, 0.25) is 0 Å². The second-order valence-electron chi connectivity index (χ2n) is 3.03. The van der Waals surface area contributed by atoms with Crippen molar-refractivity contribution in [1.82, 2.24) is 10.4 Å². The van der Waals surface area contributed by atoms with E-state index in [2.05, 4.69) is 17.0 Å². The van der Waals surface area contributed by atoms with E-state index in [1.54, 1.807) is 0 Å². The van der Waals surface area contributed by atoms with Gasteiger partial charge in [-0.1, -0.05) is 12.5 Å². The van der Waals surface area contributed by atoms with Gasteiger partial charge < -0.3 is 0 Å². The first-order chi connectivity index (χ1) is 5.43. The second kappa shape index (κ2) is 5.33. The highest BCUT2D eigenvalue weighted by molar-refractivity contribution is 4.68. The summed E-state index contributed by atoms with van der Waals surface area (Å²) in [5.41, 5.74) is 3.38. The Kier molecular flexibility index (Phi) is 4.24. The van der Waals surface area contributed by atoms with Crippen molar-refractivity contribution in [3.05, 3.63) is 12.7 Å². The quantitative estimate of drug-likeness (QED) is 0.488. The average Bonchev–Trinajstić information content (AvgIpc) is 2.07. The molecule has 1 N–H and O–H groups in total. The summed E-state index contributed by atoms with van der Waals surface area (Å²) >= 11 is 0. The van der Waals surface area contributed by atoms with Crippen molar-refractivity contribution in [1.29, 1.82) is 0 Å². The molecule has 0 aromatic carbocycles. The van der Waals surface area contributed by atoms with E-state index >= 15 is 0 Å². The molecular formula is C9H18N2. The van der Waals surface area contributed by atoms with E-state index in [1.165, 1.54) is 32.4 Å². The van der Waals surface area contributed by atoms with Crippen molar-refractivity contribution in [2.24, 2.45) is 0 Å². The number of nitrogens with zero attached hydrogens (tertiary/aromatic N) is 1. The first-order valence-electron chi connectivity index (χ1n) is 4.53. The molecule has 0 aliphatic carbocycles. The van der Waals surface area contributed by atoms with Crippen molar-refractivity contribution in [3.8, 4) is 0 Å². The predicted molar refractivity (Wildman–Crippen MR) is 48.2 cm³/mol. The van der Waals surface area contributed by atoms with E-state index in [0.717, 1.165) is 13.0 Å². The Morgan fingerprint density at radius 3 is 2.64 bits per heavy atom. The number of nitrogens with one attached hydrogen (secondary N) is 1. The van der Waals surface area contributed by atoms with E-state index < -0.39 is 0 Å². The maximum absolute atomic E-state index is 3.68. The zero-order chi connectivity index (χ0) is 7.94. The summed E-state index contributed by atoms with van der Waals surface area (Å²) in [4.78, 5) is 0. The second-order valence-corrected chi connectivity index (χ2v) is 3.03. The lowest BCUT2D eigenvalue weighted by Crippen LogP contribution is -2.41. The fourth-order valence-corrected chi connectivity index (χ4v) is 1.38. The largest absolute Gasteiger partial charge is 0.255 e. The molecule has 2 heteroatoms. The van der Waals surface area contributed by atoms with Crippen molar-refractivity contribution < 1.29 is 0 Å². The molecule has 0 aromatic rings. The van der Waals surface area contributed by atoms with Crippen LogP contribution in [0.15, 0.2) is 12.7 Å². The summed E-state index contributed by atoms with van der Waals surface area (Å²) < 4.78 is 0. The minimum atomic E-state index is 1.05. The molecule has 1 heterocycles. The van der Waals surface area contributed by atoms with Gasteiger partial charge in [-0.15, -0.1) is 6.58 Å². The number of hydrogen-bond donors (Lipinski definition) is 1. The van der Waals surface area contributed by atoms with Crippen LogP contribution in [0.4, 0.5) is 0 Å². The molecule has 1 fully saturated rings. The number of piperidine rings is 1. The van der Waals surface area contributed by atoms with Crippen LogP contribution in [0, 0.1) is 0 Å². The van der Waals surface area contributed by atoms with Gasteiger partial charge >= 0.3 is 0 Å². The molecule has 1 aliphatic rings. The summed E-state index contributed by atoms with van der Waals surface area (Å²) in [7, 11) is 0. The van der Waals surface area contributed by atoms with Gasteiger partial charge in [0.25, 0.3) is 0 Å². The smallest absolute Gasteiger partial charge is 0.0137 e. The van der Waals surface area contributed by atoms with Gasteiger partial charge in [-0.3, -0.25) is 5.43 Å². The van der Waals surface area contributed by atoms with E-state index in [1.807, 2.05) is 6.08 Å². The lowest BCUT2D eigenvalue weighted by atomic mass is 10.2. The molecule has 1 saturated heterocycles. The van der Waals surface area contributed by atoms with Crippen LogP contribution in [0.5, 0.6) is 0 Å². The minimum absolute atomic E-state index is 1.05. The maximum Gasteiger partial charge on any atom is 0.0137 e. The van der Waals surface area contributed by atoms with E-state index in [4.69, 9.17) is 0 Å². The number of hydrazine groups is 1. The summed E-state index contributed by atoms with van der Waals surface area (Å²) in [6.45, 7) is 7.17. The van der Waals surface area contributed by atoms with Crippen molar-refractivity contribution >= 4 is 0 Å². The van der Waals surface area contributed by atoms with Crippen LogP contribution in [-0.4, -0.2) is 24.6 Å². The summed E-state index contributed by atoms with van der Waals surface area (Å²) in [5, 5.41) is 2.33. The highest BCUT2D eigenvalue weighted by Crippen LogP contribution is 2.05. The summed E-state index contributed by atoms with van der Waals surface area (Å²) in [6, 6.07) is 0. The van der Waals surface area contributed by atoms with Gasteiger partial charge in [-0.2, -0.15) is 0 Å². The molecule has 1 rings (SSSR count). The lowest BCUT2D eigenvalue weighted by Gasteiger charge is -2.26. The molecule has 0 unspecified atom stereocenters. The van der Waals surface area contributed by atoms with Gasteiger partial charge in [0.2, 0.25) is 0 Å². The molecule has 64 valence electrons. The molecule has 2 nitrogen and oxygen atoms in total. The fraction of sp³-hybridized carbons (Fsp3) is 0.778. The summed E-state index contributed by atoms with van der Waals surface area (Å²) in [5.74, 6) is 0. The van der Waals surface area contributed by atoms with Crippen molar-refractivity contribution in [2.75, 3.05) is 19.6 Å². The molecule has 0 bridgehead atoms. The first-order valence-corrected chi connectivity index (χ1v) is 4.53. The molecule has 0 spiro atoms. The highest BCUT2D eigenvalue weighted by Gasteiger charge is 2.07. The number of hydrogen-bond acceptors (Lipinski definition) is 2. The lowest BCUT2D eigenvalue weighted by molar-refractivity contribution is 0.156. The minimum Gasteiger partial charge on any atom is -0.255 e. The van der Waals surface area contributed by atoms with Crippen molar-refractivity contribution in [3.63, 3.8) is 0 Å². The fourth-order valence-electron chi connectivity index (χ4n) is 1.38. The van der Waals surface area contributed by atoms with Crippen LogP contribution < -0.4 is 5.43 Å². The van der Waals surface area contributed by atoms with Gasteiger partial charge in [-0.25, -0.2) is 5.01 Å². The molecule has 0 aromatic heterocycles. The topological polar surface area (TPSA) is 15.3 Å². The molecule has 11 heavy (non-hydrogen) atoms. The third kappa shape index (κ3) is 3.54. The van der Waals surface area contributed by atoms with Gasteiger partial charge in [0.1, 0.15) is 0 Å². The standard InChI is InChI=1S/C9H18N2/c1-2-3-7-10-11-8-5-4-6-9-11/h2,10H,1,3-9H2. The van der Waals surface area contributed by atoms with Gasteiger partial charge in [0, 0.05) is 19.6 Å². The summed E-state index contributed by atoms with van der Waals surface area (Å²) in [6.07, 6.45) is 7.12. The molecule has 0 radical (unpaired) electrons. The van der Waals surface area contributed by atoms with Crippen LogP contribution in [0.1, 0.15) is 25.7 Å². The zero-order valence-corrected chi connectivity index (χ0v) is 7.18. The molecular weight excluding hydrogens is 136 g/mol. The van der Waals surface area contributed by atoms with Gasteiger partial charge in [-0.05, 0) is 19.3 Å². The Labute approximate surface area is 69.2 Å². The average molecular weight is 154 g/mol. The van der Waals surface area contributed by atoms with E-state index in [-0.39, 0.29) is 0 Å². The van der Waals surface area contributed by atoms with Gasteiger partial charge in [0.15, 0.2) is 0 Å². The molecule has 0 amide bonds. The SMILES string of the molecule is C=CCCNN1CCCCC1. The van der Waals surface area contributed by atoms with Crippen LogP contribution in [0.25, 0.3) is 0 Å². The molecule has 0 saturated carbocycles. The van der Waals surface area contributed by atoms with Crippen LogP contribution in [-0.2, 0) is 0 Å². The number of rotatable bonds is 4. The zero-order valence-electron chi connectivity index (χ0n) is 7.18. The normalized spacial score (nSPS) is 20.0. The molecule has 1 aliphatic heterocycles. The monoisotopic (exact) mass is 154 g/mol.